The van der Waals surface area contributed by atoms with Gasteiger partial charge in [0.25, 0.3) is 0 Å². The molecule has 2 aromatic rings. The van der Waals surface area contributed by atoms with Gasteiger partial charge in [0, 0.05) is 18.5 Å². The molecule has 2 N–H and O–H groups in total. The van der Waals surface area contributed by atoms with Crippen molar-refractivity contribution >= 4 is 17.6 Å². The number of rotatable bonds is 6. The summed E-state index contributed by atoms with van der Waals surface area (Å²) < 4.78 is 14.6. The number of halogens is 2. The number of nitrogens with one attached hydrogen (secondary N) is 1. The van der Waals surface area contributed by atoms with Crippen molar-refractivity contribution in [3.05, 3.63) is 70.0 Å². The van der Waals surface area contributed by atoms with Gasteiger partial charge in [0.2, 0.25) is 0 Å². The lowest BCUT2D eigenvalue weighted by molar-refractivity contribution is 0.0696. The minimum atomic E-state index is -0.935. The first-order chi connectivity index (χ1) is 12.0. The number of carbonyl (C=O) groups is 1. The molecule has 0 unspecified atom stereocenters. The van der Waals surface area contributed by atoms with E-state index in [9.17, 15) is 9.18 Å². The first-order valence-electron chi connectivity index (χ1n) is 8.49. The van der Waals surface area contributed by atoms with Gasteiger partial charge in [-0.3, -0.25) is 0 Å². The number of aromatic carboxylic acids is 1. The normalized spacial score (nSPS) is 16.1. The average molecular weight is 362 g/mol. The van der Waals surface area contributed by atoms with Crippen LogP contribution in [0.1, 0.15) is 47.2 Å². The third-order valence-corrected chi connectivity index (χ3v) is 5.34. The van der Waals surface area contributed by atoms with E-state index >= 15 is 0 Å². The van der Waals surface area contributed by atoms with Crippen LogP contribution in [0.4, 0.5) is 4.39 Å². The van der Waals surface area contributed by atoms with Crippen LogP contribution in [0.5, 0.6) is 0 Å². The van der Waals surface area contributed by atoms with E-state index in [0.29, 0.717) is 18.7 Å². The number of carboxylic acid groups (broad SMARTS) is 1. The van der Waals surface area contributed by atoms with Crippen LogP contribution in [0.15, 0.2) is 42.5 Å². The second-order valence-corrected chi connectivity index (χ2v) is 7.11. The fourth-order valence-corrected chi connectivity index (χ4v) is 3.94. The first kappa shape index (κ1) is 17.9. The Morgan fingerprint density at radius 1 is 1.20 bits per heavy atom. The van der Waals surface area contributed by atoms with Crippen molar-refractivity contribution in [2.24, 2.45) is 0 Å². The Bertz CT molecular complexity index is 772. The van der Waals surface area contributed by atoms with E-state index in [0.717, 1.165) is 31.2 Å². The molecular weight excluding hydrogens is 341 g/mol. The molecule has 132 valence electrons. The van der Waals surface area contributed by atoms with Crippen molar-refractivity contribution in [3.63, 3.8) is 0 Å². The van der Waals surface area contributed by atoms with Crippen LogP contribution in [0.3, 0.4) is 0 Å². The Balaban J connectivity index is 1.74. The molecule has 0 heterocycles. The number of carboxylic acids is 1. The highest BCUT2D eigenvalue weighted by molar-refractivity contribution is 6.30. The highest BCUT2D eigenvalue weighted by atomic mass is 35.5. The van der Waals surface area contributed by atoms with Crippen LogP contribution >= 0.6 is 11.6 Å². The third kappa shape index (κ3) is 3.86. The van der Waals surface area contributed by atoms with Crippen molar-refractivity contribution in [1.82, 2.24) is 5.32 Å². The molecule has 1 aliphatic carbocycles. The maximum Gasteiger partial charge on any atom is 0.335 e. The predicted octanol–water partition coefficient (Wildman–Crippen LogP) is 4.78. The van der Waals surface area contributed by atoms with E-state index in [2.05, 4.69) is 5.32 Å². The predicted molar refractivity (Wildman–Crippen MR) is 96.7 cm³/mol. The molecule has 3 rings (SSSR count). The summed E-state index contributed by atoms with van der Waals surface area (Å²) in [6.45, 7) is 1.19. The van der Waals surface area contributed by atoms with Crippen molar-refractivity contribution in [1.29, 1.82) is 0 Å². The van der Waals surface area contributed by atoms with E-state index in [-0.39, 0.29) is 21.8 Å². The van der Waals surface area contributed by atoms with Crippen molar-refractivity contribution in [3.8, 4) is 0 Å². The molecule has 0 bridgehead atoms. The third-order valence-electron chi connectivity index (χ3n) is 5.05. The lowest BCUT2D eigenvalue weighted by Crippen LogP contribution is -2.36. The van der Waals surface area contributed by atoms with Crippen LogP contribution in [0.2, 0.25) is 5.02 Å². The smallest absolute Gasteiger partial charge is 0.335 e. The topological polar surface area (TPSA) is 49.3 Å². The Hall–Kier alpha value is -1.91. The molecule has 5 heteroatoms. The summed E-state index contributed by atoms with van der Waals surface area (Å²) in [6.07, 6.45) is 3.99. The van der Waals surface area contributed by atoms with Crippen LogP contribution < -0.4 is 5.32 Å². The summed E-state index contributed by atoms with van der Waals surface area (Å²) in [5.41, 5.74) is 1.61. The molecule has 1 aliphatic rings. The van der Waals surface area contributed by atoms with E-state index in [4.69, 9.17) is 16.7 Å². The number of benzene rings is 2. The molecule has 0 aliphatic heterocycles. The zero-order valence-electron chi connectivity index (χ0n) is 13.9. The monoisotopic (exact) mass is 361 g/mol. The molecule has 25 heavy (non-hydrogen) atoms. The molecule has 0 spiro atoms. The minimum Gasteiger partial charge on any atom is -0.478 e. The van der Waals surface area contributed by atoms with Gasteiger partial charge in [-0.1, -0.05) is 48.7 Å². The zero-order valence-corrected chi connectivity index (χ0v) is 14.7. The summed E-state index contributed by atoms with van der Waals surface area (Å²) in [4.78, 5) is 11.1. The molecule has 2 aromatic carbocycles. The largest absolute Gasteiger partial charge is 0.478 e. The minimum absolute atomic E-state index is 0.165. The Kier molecular flexibility index (Phi) is 5.40. The van der Waals surface area contributed by atoms with Crippen molar-refractivity contribution in [2.45, 2.75) is 37.6 Å². The van der Waals surface area contributed by atoms with Crippen LogP contribution in [0, 0.1) is 5.82 Å². The van der Waals surface area contributed by atoms with Gasteiger partial charge in [-0.05, 0) is 42.2 Å². The van der Waals surface area contributed by atoms with Gasteiger partial charge in [-0.2, -0.15) is 0 Å². The van der Waals surface area contributed by atoms with Crippen LogP contribution in [0.25, 0.3) is 0 Å². The highest BCUT2D eigenvalue weighted by Crippen LogP contribution is 2.42. The average Bonchev–Trinajstić information content (AvgIpc) is 3.07. The fourth-order valence-electron chi connectivity index (χ4n) is 3.77. The molecule has 1 saturated carbocycles. The van der Waals surface area contributed by atoms with E-state index < -0.39 is 5.97 Å². The summed E-state index contributed by atoms with van der Waals surface area (Å²) in [5, 5.41) is 12.6. The summed E-state index contributed by atoms with van der Waals surface area (Å²) in [6, 6.07) is 12.1. The standard InChI is InChI=1S/C20H21ClFNO2/c21-17-8-4-7-16(18(17)22)20(9-1-2-10-20)13-23-12-14-5-3-6-15(11-14)19(24)25/h3-8,11,23H,1-2,9-10,12-13H2,(H,24,25). The highest BCUT2D eigenvalue weighted by Gasteiger charge is 2.37. The Labute approximate surface area is 151 Å². The second kappa shape index (κ2) is 7.54. The molecule has 0 atom stereocenters. The summed E-state index contributed by atoms with van der Waals surface area (Å²) >= 11 is 5.98. The summed E-state index contributed by atoms with van der Waals surface area (Å²) in [7, 11) is 0. The maximum absolute atomic E-state index is 14.6. The van der Waals surface area contributed by atoms with Gasteiger partial charge in [0.1, 0.15) is 5.82 Å². The lowest BCUT2D eigenvalue weighted by atomic mass is 9.78. The van der Waals surface area contributed by atoms with Crippen LogP contribution in [-0.4, -0.2) is 17.6 Å². The molecule has 0 saturated heterocycles. The second-order valence-electron chi connectivity index (χ2n) is 6.70. The Morgan fingerprint density at radius 3 is 2.64 bits per heavy atom. The molecule has 0 radical (unpaired) electrons. The Morgan fingerprint density at radius 2 is 1.92 bits per heavy atom. The molecular formula is C20H21ClFNO2. The van der Waals surface area contributed by atoms with E-state index in [1.54, 1.807) is 30.3 Å². The van der Waals surface area contributed by atoms with Gasteiger partial charge in [0.05, 0.1) is 10.6 Å². The van der Waals surface area contributed by atoms with Crippen LogP contribution in [-0.2, 0) is 12.0 Å². The molecule has 0 aromatic heterocycles. The van der Waals surface area contributed by atoms with E-state index in [1.165, 1.54) is 0 Å². The maximum atomic E-state index is 14.6. The number of hydrogen-bond donors (Lipinski definition) is 2. The van der Waals surface area contributed by atoms with Gasteiger partial charge < -0.3 is 10.4 Å². The van der Waals surface area contributed by atoms with Gasteiger partial charge in [-0.25, -0.2) is 9.18 Å². The van der Waals surface area contributed by atoms with E-state index in [1.807, 2.05) is 12.1 Å². The lowest BCUT2D eigenvalue weighted by Gasteiger charge is -2.31. The van der Waals surface area contributed by atoms with Gasteiger partial charge in [0.15, 0.2) is 0 Å². The molecule has 0 amide bonds. The van der Waals surface area contributed by atoms with Gasteiger partial charge >= 0.3 is 5.97 Å². The quantitative estimate of drug-likeness (QED) is 0.778. The SMILES string of the molecule is O=C(O)c1cccc(CNCC2(c3cccc(Cl)c3F)CCCC2)c1. The van der Waals surface area contributed by atoms with Crippen molar-refractivity contribution < 1.29 is 14.3 Å². The molecule has 1 fully saturated rings. The summed E-state index contributed by atoms with van der Waals surface area (Å²) in [5.74, 6) is -1.25. The van der Waals surface area contributed by atoms with Crippen molar-refractivity contribution in [2.75, 3.05) is 6.54 Å². The first-order valence-corrected chi connectivity index (χ1v) is 8.87. The molecule has 3 nitrogen and oxygen atoms in total. The zero-order chi connectivity index (χ0) is 17.9. The fraction of sp³-hybridized carbons (Fsp3) is 0.350. The van der Waals surface area contributed by atoms with Gasteiger partial charge in [-0.15, -0.1) is 0 Å². The number of hydrogen-bond acceptors (Lipinski definition) is 2.